The third-order valence-corrected chi connectivity index (χ3v) is 11.9. The van der Waals surface area contributed by atoms with Crippen molar-refractivity contribution < 1.29 is 19.4 Å². The van der Waals surface area contributed by atoms with Gasteiger partial charge in [-0.3, -0.25) is 9.69 Å². The van der Waals surface area contributed by atoms with Gasteiger partial charge in [-0.05, 0) is 72.5 Å². The van der Waals surface area contributed by atoms with Crippen LogP contribution in [-0.2, 0) is 11.2 Å². The van der Waals surface area contributed by atoms with Gasteiger partial charge in [-0.2, -0.15) is 17.5 Å². The van der Waals surface area contributed by atoms with Gasteiger partial charge in [0.25, 0.3) is 6.47 Å². The Bertz CT molecular complexity index is 2250. The summed E-state index contributed by atoms with van der Waals surface area (Å²) in [6, 6.07) is 24.3. The molecule has 0 saturated carbocycles. The zero-order valence-corrected chi connectivity index (χ0v) is 29.9. The van der Waals surface area contributed by atoms with Gasteiger partial charge >= 0.3 is 5.97 Å². The van der Waals surface area contributed by atoms with Crippen LogP contribution in [0.1, 0.15) is 55.5 Å². The van der Waals surface area contributed by atoms with E-state index in [1.165, 1.54) is 31.2 Å². The Kier molecular flexibility index (Phi) is 9.76. The Labute approximate surface area is 299 Å². The SMILES string of the molecule is CCCCC(CC)Cc1ccc(N(c2ccc(-c3ccc(OC=O)c4nsnc34)s2)c2ccc(-c3ccc(C(=O)O)c4nsnc34)s2)cc1. The highest BCUT2D eigenvalue weighted by atomic mass is 32.1. The number of hydrogen-bond acceptors (Lipinski definition) is 12. The minimum atomic E-state index is -1.02. The van der Waals surface area contributed by atoms with Crippen molar-refractivity contribution in [3.05, 3.63) is 83.9 Å². The number of nitrogens with zero attached hydrogens (tertiary/aromatic N) is 5. The fourth-order valence-corrected chi connectivity index (χ4v) is 9.36. The van der Waals surface area contributed by atoms with Gasteiger partial charge in [-0.25, -0.2) is 4.79 Å². The summed E-state index contributed by atoms with van der Waals surface area (Å²) in [6.45, 7) is 4.93. The number of aromatic nitrogens is 4. The zero-order chi connectivity index (χ0) is 33.9. The second-order valence-electron chi connectivity index (χ2n) is 11.6. The molecule has 3 aromatic carbocycles. The molecule has 49 heavy (non-hydrogen) atoms. The lowest BCUT2D eigenvalue weighted by atomic mass is 9.92. The number of unbranched alkanes of at least 4 members (excludes halogenated alkanes) is 1. The average Bonchev–Trinajstić information content (AvgIpc) is 3.95. The van der Waals surface area contributed by atoms with E-state index < -0.39 is 5.97 Å². The molecule has 1 atom stereocenters. The number of hydrogen-bond donors (Lipinski definition) is 1. The number of benzene rings is 3. The Morgan fingerprint density at radius 3 is 2.02 bits per heavy atom. The third kappa shape index (κ3) is 6.58. The monoisotopic (exact) mass is 725 g/mol. The van der Waals surface area contributed by atoms with Crippen LogP contribution in [-0.4, -0.2) is 35.0 Å². The first-order chi connectivity index (χ1) is 24.0. The summed E-state index contributed by atoms with van der Waals surface area (Å²) in [5, 5.41) is 11.7. The smallest absolute Gasteiger partial charge is 0.338 e. The first-order valence-electron chi connectivity index (χ1n) is 15.9. The van der Waals surface area contributed by atoms with Crippen LogP contribution in [0.25, 0.3) is 42.9 Å². The maximum atomic E-state index is 11.8. The Hall–Kier alpha value is -4.56. The topological polar surface area (TPSA) is 118 Å². The molecule has 0 saturated heterocycles. The van der Waals surface area contributed by atoms with E-state index in [1.807, 2.05) is 12.1 Å². The summed E-state index contributed by atoms with van der Waals surface area (Å²) >= 11 is 5.35. The largest absolute Gasteiger partial charge is 0.478 e. The van der Waals surface area contributed by atoms with Crippen molar-refractivity contribution in [1.29, 1.82) is 0 Å². The quantitative estimate of drug-likeness (QED) is 0.109. The number of carbonyl (C=O) groups is 2. The number of rotatable bonds is 14. The fourth-order valence-electron chi connectivity index (χ4n) is 6.03. The van der Waals surface area contributed by atoms with Gasteiger partial charge in [0.05, 0.1) is 29.0 Å². The van der Waals surface area contributed by atoms with E-state index in [-0.39, 0.29) is 5.56 Å². The van der Waals surface area contributed by atoms with Crippen molar-refractivity contribution in [2.24, 2.45) is 5.92 Å². The van der Waals surface area contributed by atoms with Crippen molar-refractivity contribution in [3.8, 4) is 26.6 Å². The molecule has 1 unspecified atom stereocenters. The maximum absolute atomic E-state index is 11.8. The summed E-state index contributed by atoms with van der Waals surface area (Å²) in [7, 11) is 0. The summed E-state index contributed by atoms with van der Waals surface area (Å²) in [5.74, 6) is 0.0333. The van der Waals surface area contributed by atoms with E-state index in [9.17, 15) is 14.7 Å². The van der Waals surface area contributed by atoms with Crippen LogP contribution in [0, 0.1) is 5.92 Å². The van der Waals surface area contributed by atoms with Crippen LogP contribution >= 0.6 is 46.1 Å². The van der Waals surface area contributed by atoms with E-state index in [0.29, 0.717) is 40.2 Å². The molecule has 4 aromatic heterocycles. The molecule has 1 N–H and O–H groups in total. The lowest BCUT2D eigenvalue weighted by Crippen LogP contribution is -2.07. The molecule has 13 heteroatoms. The third-order valence-electron chi connectivity index (χ3n) is 8.62. The van der Waals surface area contributed by atoms with Crippen LogP contribution < -0.4 is 9.64 Å². The predicted molar refractivity (Wildman–Crippen MR) is 200 cm³/mol. The molecule has 0 aliphatic rings. The van der Waals surface area contributed by atoms with Gasteiger partial charge in [-0.15, -0.1) is 22.7 Å². The highest BCUT2D eigenvalue weighted by molar-refractivity contribution is 7.22. The second-order valence-corrected chi connectivity index (χ2v) is 14.8. The van der Waals surface area contributed by atoms with Crippen LogP contribution in [0.15, 0.2) is 72.8 Å². The fraction of sp³-hybridized carbons (Fsp3) is 0.222. The van der Waals surface area contributed by atoms with Crippen molar-refractivity contribution in [1.82, 2.24) is 17.5 Å². The summed E-state index contributed by atoms with van der Waals surface area (Å²) in [4.78, 5) is 27.1. The first kappa shape index (κ1) is 33.0. The molecule has 0 fully saturated rings. The number of ether oxygens (including phenoxy) is 1. The van der Waals surface area contributed by atoms with Gasteiger partial charge in [0, 0.05) is 26.6 Å². The Balaban J connectivity index is 1.28. The normalized spacial score (nSPS) is 12.0. The number of fused-ring (bicyclic) bond motifs is 2. The average molecular weight is 726 g/mol. The second kappa shape index (κ2) is 14.5. The number of carboxylic acid groups (broad SMARTS) is 1. The van der Waals surface area contributed by atoms with Gasteiger partial charge < -0.3 is 9.84 Å². The van der Waals surface area contributed by atoms with E-state index in [1.54, 1.807) is 34.8 Å². The van der Waals surface area contributed by atoms with Crippen LogP contribution in [0.2, 0.25) is 0 Å². The number of anilines is 3. The van der Waals surface area contributed by atoms with Gasteiger partial charge in [0.15, 0.2) is 5.75 Å². The molecule has 0 aliphatic carbocycles. The lowest BCUT2D eigenvalue weighted by Gasteiger charge is -2.22. The molecule has 4 heterocycles. The molecule has 248 valence electrons. The maximum Gasteiger partial charge on any atom is 0.338 e. The van der Waals surface area contributed by atoms with Gasteiger partial charge in [-0.1, -0.05) is 57.7 Å². The van der Waals surface area contributed by atoms with Crippen molar-refractivity contribution in [2.75, 3.05) is 4.90 Å². The van der Waals surface area contributed by atoms with E-state index in [4.69, 9.17) is 4.74 Å². The molecular weight excluding hydrogens is 695 g/mol. The van der Waals surface area contributed by atoms with Gasteiger partial charge in [0.2, 0.25) is 0 Å². The number of aromatic carboxylic acids is 1. The number of carboxylic acids is 1. The number of carbonyl (C=O) groups excluding carboxylic acids is 1. The Morgan fingerprint density at radius 1 is 0.796 bits per heavy atom. The molecule has 0 bridgehead atoms. The molecule has 0 spiro atoms. The molecule has 7 aromatic rings. The minimum Gasteiger partial charge on any atom is -0.478 e. The highest BCUT2D eigenvalue weighted by Gasteiger charge is 2.22. The predicted octanol–water partition coefficient (Wildman–Crippen LogP) is 10.6. The van der Waals surface area contributed by atoms with Crippen LogP contribution in [0.4, 0.5) is 15.7 Å². The highest BCUT2D eigenvalue weighted by Crippen LogP contribution is 2.47. The molecule has 0 amide bonds. The molecule has 7 rings (SSSR count). The summed E-state index contributed by atoms with van der Waals surface area (Å²) in [6.07, 6.45) is 5.95. The summed E-state index contributed by atoms with van der Waals surface area (Å²) in [5.41, 5.74) is 6.50. The zero-order valence-electron chi connectivity index (χ0n) is 26.7. The van der Waals surface area contributed by atoms with Crippen molar-refractivity contribution >= 4 is 96.3 Å². The summed E-state index contributed by atoms with van der Waals surface area (Å²) < 4.78 is 22.8. The van der Waals surface area contributed by atoms with Crippen molar-refractivity contribution in [2.45, 2.75) is 46.0 Å². The van der Waals surface area contributed by atoms with E-state index in [0.717, 1.165) is 66.4 Å². The molecule has 9 nitrogen and oxygen atoms in total. The Morgan fingerprint density at radius 2 is 1.41 bits per heavy atom. The van der Waals surface area contributed by atoms with Gasteiger partial charge in [0.1, 0.15) is 32.1 Å². The van der Waals surface area contributed by atoms with E-state index >= 15 is 0 Å². The molecule has 0 aliphatic heterocycles. The van der Waals surface area contributed by atoms with Crippen LogP contribution in [0.5, 0.6) is 5.75 Å². The lowest BCUT2D eigenvalue weighted by molar-refractivity contribution is -0.120. The van der Waals surface area contributed by atoms with E-state index in [2.05, 4.69) is 84.8 Å². The van der Waals surface area contributed by atoms with Crippen LogP contribution in [0.3, 0.4) is 0 Å². The first-order valence-corrected chi connectivity index (χ1v) is 19.0. The molecular formula is C36H31N5O4S4. The van der Waals surface area contributed by atoms with Crippen molar-refractivity contribution in [3.63, 3.8) is 0 Å². The minimum absolute atomic E-state index is 0.146. The molecule has 0 radical (unpaired) electrons. The standard InChI is InChI=1S/C36H31N5O4S4/c1-3-5-6-21(4-2)19-22-7-9-23(10-8-22)41(30-17-15-28(46-30)24-11-12-26(36(43)44)34-32(24)37-48-39-34)31-18-16-29(47-31)25-13-14-27(45-20-42)35-33(25)38-49-40-35/h7-18,20-21H,3-6,19H2,1-2H3,(H,43,44). The number of thiophene rings is 2.